The Bertz CT molecular complexity index is 373. The zero-order valence-corrected chi connectivity index (χ0v) is 8.75. The van der Waals surface area contributed by atoms with Crippen molar-refractivity contribution < 1.29 is 4.39 Å². The summed E-state index contributed by atoms with van der Waals surface area (Å²) in [4.78, 5) is 0. The van der Waals surface area contributed by atoms with Crippen LogP contribution in [-0.2, 0) is 5.54 Å². The van der Waals surface area contributed by atoms with Crippen molar-refractivity contribution in [3.05, 3.63) is 35.6 Å². The number of nitrogens with two attached hydrogens (primary N) is 1. The molecule has 2 fully saturated rings. The summed E-state index contributed by atoms with van der Waals surface area (Å²) in [6.07, 6.45) is 4.94. The molecule has 0 radical (unpaired) electrons. The molecule has 2 aliphatic carbocycles. The number of hydrogen-bond acceptors (Lipinski definition) is 1. The fraction of sp³-hybridized carbons (Fsp3) is 0.538. The third kappa shape index (κ3) is 1.31. The van der Waals surface area contributed by atoms with E-state index in [2.05, 4.69) is 0 Å². The zero-order valence-electron chi connectivity index (χ0n) is 8.75. The smallest absolute Gasteiger partial charge is 0.123 e. The number of halogens is 1. The highest BCUT2D eigenvalue weighted by molar-refractivity contribution is 5.28. The first-order valence-electron chi connectivity index (χ1n) is 5.73. The van der Waals surface area contributed by atoms with Gasteiger partial charge in [-0.25, -0.2) is 4.39 Å². The number of rotatable bonds is 1. The van der Waals surface area contributed by atoms with E-state index in [1.807, 2.05) is 12.1 Å². The van der Waals surface area contributed by atoms with Crippen molar-refractivity contribution in [2.24, 2.45) is 17.6 Å². The first-order valence-corrected chi connectivity index (χ1v) is 5.73. The predicted molar refractivity (Wildman–Crippen MR) is 57.7 cm³/mol. The molecule has 15 heavy (non-hydrogen) atoms. The fourth-order valence-electron chi connectivity index (χ4n) is 3.49. The van der Waals surface area contributed by atoms with Crippen molar-refractivity contribution in [1.82, 2.24) is 0 Å². The van der Waals surface area contributed by atoms with E-state index >= 15 is 0 Å². The van der Waals surface area contributed by atoms with Crippen LogP contribution in [0, 0.1) is 17.7 Å². The van der Waals surface area contributed by atoms with Crippen molar-refractivity contribution in [1.29, 1.82) is 0 Å². The van der Waals surface area contributed by atoms with Gasteiger partial charge < -0.3 is 5.73 Å². The lowest BCUT2D eigenvalue weighted by molar-refractivity contribution is 0.276. The summed E-state index contributed by atoms with van der Waals surface area (Å²) in [6.45, 7) is 0. The van der Waals surface area contributed by atoms with E-state index in [1.54, 1.807) is 0 Å². The molecule has 2 bridgehead atoms. The maximum Gasteiger partial charge on any atom is 0.123 e. The van der Waals surface area contributed by atoms with Gasteiger partial charge in [0.05, 0.1) is 0 Å². The summed E-state index contributed by atoms with van der Waals surface area (Å²) >= 11 is 0. The molecule has 0 aromatic heterocycles. The molecule has 80 valence electrons. The van der Waals surface area contributed by atoms with Crippen LogP contribution in [0.15, 0.2) is 24.3 Å². The lowest BCUT2D eigenvalue weighted by Gasteiger charge is -2.34. The molecule has 2 N–H and O–H groups in total. The molecule has 1 aromatic carbocycles. The molecule has 2 heteroatoms. The Balaban J connectivity index is 1.96. The van der Waals surface area contributed by atoms with Crippen LogP contribution >= 0.6 is 0 Å². The van der Waals surface area contributed by atoms with Crippen LogP contribution in [0.1, 0.15) is 31.2 Å². The molecular formula is C13H16FN. The lowest BCUT2D eigenvalue weighted by Crippen LogP contribution is -2.41. The van der Waals surface area contributed by atoms with Gasteiger partial charge >= 0.3 is 0 Å². The van der Waals surface area contributed by atoms with Crippen molar-refractivity contribution in [3.63, 3.8) is 0 Å². The molecule has 1 unspecified atom stereocenters. The monoisotopic (exact) mass is 205 g/mol. The van der Waals surface area contributed by atoms with E-state index in [-0.39, 0.29) is 11.4 Å². The third-order valence-corrected chi connectivity index (χ3v) is 4.28. The number of hydrogen-bond donors (Lipinski definition) is 1. The summed E-state index contributed by atoms with van der Waals surface area (Å²) < 4.78 is 12.8. The molecular weight excluding hydrogens is 189 g/mol. The number of fused-ring (bicyclic) bond motifs is 2. The van der Waals surface area contributed by atoms with Crippen LogP contribution < -0.4 is 5.73 Å². The average Bonchev–Trinajstić information content (AvgIpc) is 2.78. The maximum absolute atomic E-state index is 12.8. The lowest BCUT2D eigenvalue weighted by atomic mass is 9.77. The summed E-state index contributed by atoms with van der Waals surface area (Å²) in [7, 11) is 0. The second kappa shape index (κ2) is 3.05. The molecule has 1 aromatic rings. The highest BCUT2D eigenvalue weighted by Gasteiger charge is 2.49. The van der Waals surface area contributed by atoms with Crippen LogP contribution in [0.3, 0.4) is 0 Å². The van der Waals surface area contributed by atoms with Gasteiger partial charge in [0.15, 0.2) is 0 Å². The van der Waals surface area contributed by atoms with Gasteiger partial charge in [-0.15, -0.1) is 0 Å². The first kappa shape index (κ1) is 9.34. The Labute approximate surface area is 89.5 Å². The molecule has 3 atom stereocenters. The predicted octanol–water partition coefficient (Wildman–Crippen LogP) is 2.80. The SMILES string of the molecule is NC1(c2ccc(F)cc2)C[C@H]2CC[C@@H]1C2. The molecule has 0 amide bonds. The van der Waals surface area contributed by atoms with Gasteiger partial charge in [-0.1, -0.05) is 18.6 Å². The summed E-state index contributed by atoms with van der Waals surface area (Å²) in [5.74, 6) is 1.25. The molecule has 0 spiro atoms. The first-order chi connectivity index (χ1) is 7.18. The Morgan fingerprint density at radius 2 is 1.93 bits per heavy atom. The fourth-order valence-corrected chi connectivity index (χ4v) is 3.49. The molecule has 2 saturated carbocycles. The molecule has 2 aliphatic rings. The van der Waals surface area contributed by atoms with Gasteiger partial charge in [-0.05, 0) is 48.8 Å². The maximum atomic E-state index is 12.8. The minimum Gasteiger partial charge on any atom is -0.321 e. The second-order valence-corrected chi connectivity index (χ2v) is 5.13. The molecule has 0 aliphatic heterocycles. The zero-order chi connectivity index (χ0) is 10.5. The highest BCUT2D eigenvalue weighted by atomic mass is 19.1. The Kier molecular flexibility index (Phi) is 1.90. The third-order valence-electron chi connectivity index (χ3n) is 4.28. The van der Waals surface area contributed by atoms with Crippen molar-refractivity contribution in [3.8, 4) is 0 Å². The van der Waals surface area contributed by atoms with Gasteiger partial charge in [-0.3, -0.25) is 0 Å². The van der Waals surface area contributed by atoms with E-state index in [9.17, 15) is 4.39 Å². The second-order valence-electron chi connectivity index (χ2n) is 5.13. The molecule has 0 heterocycles. The van der Waals surface area contributed by atoms with Gasteiger partial charge in [0.25, 0.3) is 0 Å². The Hall–Kier alpha value is -0.890. The standard InChI is InChI=1S/C13H16FN/c14-12-5-3-10(4-6-12)13(15)8-9-1-2-11(13)7-9/h3-6,9,11H,1-2,7-8,15H2/t9-,11+,13?/m0/s1. The average molecular weight is 205 g/mol. The normalized spacial score (nSPS) is 38.5. The van der Waals surface area contributed by atoms with Gasteiger partial charge in [0.1, 0.15) is 5.82 Å². The van der Waals surface area contributed by atoms with Crippen LogP contribution in [0.25, 0.3) is 0 Å². The highest BCUT2D eigenvalue weighted by Crippen LogP contribution is 2.53. The summed E-state index contributed by atoms with van der Waals surface area (Å²) in [6, 6.07) is 6.76. The summed E-state index contributed by atoms with van der Waals surface area (Å²) in [5.41, 5.74) is 7.44. The van der Waals surface area contributed by atoms with Crippen molar-refractivity contribution >= 4 is 0 Å². The van der Waals surface area contributed by atoms with E-state index in [0.29, 0.717) is 5.92 Å². The van der Waals surface area contributed by atoms with E-state index < -0.39 is 0 Å². The molecule has 1 nitrogen and oxygen atoms in total. The summed E-state index contributed by atoms with van der Waals surface area (Å²) in [5, 5.41) is 0. The quantitative estimate of drug-likeness (QED) is 0.749. The van der Waals surface area contributed by atoms with E-state index in [0.717, 1.165) is 17.9 Å². The van der Waals surface area contributed by atoms with Gasteiger partial charge in [0.2, 0.25) is 0 Å². The van der Waals surface area contributed by atoms with Crippen LogP contribution in [0.2, 0.25) is 0 Å². The van der Waals surface area contributed by atoms with Crippen LogP contribution in [0.4, 0.5) is 4.39 Å². The Morgan fingerprint density at radius 3 is 2.47 bits per heavy atom. The topological polar surface area (TPSA) is 26.0 Å². The Morgan fingerprint density at radius 1 is 1.20 bits per heavy atom. The number of benzene rings is 1. The van der Waals surface area contributed by atoms with E-state index in [4.69, 9.17) is 5.73 Å². The minimum absolute atomic E-state index is 0.170. The van der Waals surface area contributed by atoms with Crippen LogP contribution in [-0.4, -0.2) is 0 Å². The molecule has 0 saturated heterocycles. The van der Waals surface area contributed by atoms with Crippen molar-refractivity contribution in [2.75, 3.05) is 0 Å². The van der Waals surface area contributed by atoms with Crippen LogP contribution in [0.5, 0.6) is 0 Å². The minimum atomic E-state index is -0.175. The van der Waals surface area contributed by atoms with Gasteiger partial charge in [-0.2, -0.15) is 0 Å². The van der Waals surface area contributed by atoms with E-state index in [1.165, 1.54) is 31.4 Å². The van der Waals surface area contributed by atoms with Gasteiger partial charge in [0, 0.05) is 5.54 Å². The largest absolute Gasteiger partial charge is 0.321 e. The van der Waals surface area contributed by atoms with Crippen molar-refractivity contribution in [2.45, 2.75) is 31.2 Å². The molecule has 3 rings (SSSR count).